The van der Waals surface area contributed by atoms with Crippen molar-refractivity contribution in [3.63, 3.8) is 0 Å². The fraction of sp³-hybridized carbons (Fsp3) is 0.750. The Morgan fingerprint density at radius 3 is 2.62 bits per heavy atom. The van der Waals surface area contributed by atoms with Crippen molar-refractivity contribution in [1.29, 1.82) is 0 Å². The Morgan fingerprint density at radius 1 is 2.00 bits per heavy atom. The van der Waals surface area contributed by atoms with E-state index in [9.17, 15) is 4.79 Å². The van der Waals surface area contributed by atoms with Crippen molar-refractivity contribution in [2.45, 2.75) is 6.04 Å². The van der Waals surface area contributed by atoms with Gasteiger partial charge in [-0.25, -0.2) is 0 Å². The second kappa shape index (κ2) is 3.74. The summed E-state index contributed by atoms with van der Waals surface area (Å²) in [5, 5.41) is 8.17. The van der Waals surface area contributed by atoms with Gasteiger partial charge in [-0.05, 0) is 6.26 Å². The second-order valence-corrected chi connectivity index (χ2v) is 2.31. The molecule has 0 bridgehead atoms. The highest BCUT2D eigenvalue weighted by Gasteiger charge is 2.08. The van der Waals surface area contributed by atoms with Gasteiger partial charge in [0, 0.05) is 5.75 Å². The molecule has 0 aromatic heterocycles. The van der Waals surface area contributed by atoms with Crippen LogP contribution in [0.1, 0.15) is 0 Å². The van der Waals surface area contributed by atoms with Gasteiger partial charge in [-0.2, -0.15) is 11.8 Å². The lowest BCUT2D eigenvalue weighted by molar-refractivity contribution is -0.137. The van der Waals surface area contributed by atoms with Crippen LogP contribution in [0.2, 0.25) is 0 Å². The van der Waals surface area contributed by atoms with Gasteiger partial charge in [-0.3, -0.25) is 4.79 Å². The smallest absolute Gasteiger partial charge is 0.321 e. The van der Waals surface area contributed by atoms with Crippen LogP contribution >= 0.6 is 11.8 Å². The van der Waals surface area contributed by atoms with E-state index in [1.807, 2.05) is 6.26 Å². The molecule has 0 amide bonds. The number of aliphatic carboxylic acids is 1. The highest BCUT2D eigenvalue weighted by molar-refractivity contribution is 7.98. The van der Waals surface area contributed by atoms with Gasteiger partial charge in [0.2, 0.25) is 0 Å². The second-order valence-electron chi connectivity index (χ2n) is 1.40. The first-order valence-electron chi connectivity index (χ1n) is 2.15. The first kappa shape index (κ1) is 7.78. The zero-order valence-electron chi connectivity index (χ0n) is 4.63. The van der Waals surface area contributed by atoms with Gasteiger partial charge in [0.25, 0.3) is 0 Å². The third kappa shape index (κ3) is 2.87. The third-order valence-electron chi connectivity index (χ3n) is 0.663. The summed E-state index contributed by atoms with van der Waals surface area (Å²) in [6.07, 6.45) is 1.82. The van der Waals surface area contributed by atoms with Crippen molar-refractivity contribution in [2.24, 2.45) is 5.73 Å². The molecule has 0 aromatic carbocycles. The lowest BCUT2D eigenvalue weighted by Crippen LogP contribution is -2.32. The molecule has 8 heavy (non-hydrogen) atoms. The van der Waals surface area contributed by atoms with Crippen molar-refractivity contribution in [3.8, 4) is 0 Å². The van der Waals surface area contributed by atoms with Gasteiger partial charge in [-0.15, -0.1) is 0 Å². The van der Waals surface area contributed by atoms with E-state index in [-0.39, 0.29) is 0 Å². The first-order valence-corrected chi connectivity index (χ1v) is 3.55. The minimum atomic E-state index is -0.931. The van der Waals surface area contributed by atoms with E-state index in [1.54, 1.807) is 0 Å². The molecule has 0 fully saturated rings. The first-order chi connectivity index (χ1) is 3.68. The molecule has 0 aromatic rings. The molecule has 0 heterocycles. The van der Waals surface area contributed by atoms with Crippen LogP contribution in [0, 0.1) is 0 Å². The minimum absolute atomic E-state index is 0.481. The molecular weight excluding hydrogens is 126 g/mol. The minimum Gasteiger partial charge on any atom is -0.480 e. The molecule has 0 aliphatic carbocycles. The largest absolute Gasteiger partial charge is 0.480 e. The molecule has 0 saturated heterocycles. The molecular formula is C4H9NO2S. The van der Waals surface area contributed by atoms with E-state index < -0.39 is 12.0 Å². The van der Waals surface area contributed by atoms with E-state index in [2.05, 4.69) is 0 Å². The van der Waals surface area contributed by atoms with Crippen molar-refractivity contribution in [2.75, 3.05) is 12.0 Å². The predicted molar refractivity (Wildman–Crippen MR) is 34.0 cm³/mol. The molecule has 3 nitrogen and oxygen atoms in total. The molecule has 0 aliphatic heterocycles. The predicted octanol–water partition coefficient (Wildman–Crippen LogP) is -0.239. The van der Waals surface area contributed by atoms with Gasteiger partial charge >= 0.3 is 5.97 Å². The van der Waals surface area contributed by atoms with Crippen molar-refractivity contribution < 1.29 is 9.90 Å². The maximum atomic E-state index is 9.95. The van der Waals surface area contributed by atoms with E-state index >= 15 is 0 Å². The molecule has 0 saturated carbocycles. The summed E-state index contributed by atoms with van der Waals surface area (Å²) in [4.78, 5) is 9.95. The number of carbonyl (C=O) groups is 1. The molecule has 4 heteroatoms. The monoisotopic (exact) mass is 135 g/mol. The normalized spacial score (nSPS) is 13.2. The SMILES string of the molecule is CSC[C@@H](N)C(=O)O. The van der Waals surface area contributed by atoms with Crippen molar-refractivity contribution in [1.82, 2.24) is 0 Å². The maximum absolute atomic E-state index is 9.95. The van der Waals surface area contributed by atoms with Crippen LogP contribution in [0.4, 0.5) is 0 Å². The summed E-state index contributed by atoms with van der Waals surface area (Å²) in [5.74, 6) is -0.450. The number of thioether (sulfide) groups is 1. The zero-order chi connectivity index (χ0) is 6.57. The van der Waals surface area contributed by atoms with Crippen LogP contribution in [-0.2, 0) is 4.79 Å². The Labute approximate surface area is 52.3 Å². The summed E-state index contributed by atoms with van der Waals surface area (Å²) in [5.41, 5.74) is 5.11. The van der Waals surface area contributed by atoms with Gasteiger partial charge < -0.3 is 10.8 Å². The number of hydrogen-bond acceptors (Lipinski definition) is 3. The van der Waals surface area contributed by atoms with E-state index in [0.29, 0.717) is 5.75 Å². The Bertz CT molecular complexity index is 86.1. The lowest BCUT2D eigenvalue weighted by atomic mass is 10.4. The van der Waals surface area contributed by atoms with Crippen LogP contribution in [0.3, 0.4) is 0 Å². The molecule has 1 atom stereocenters. The van der Waals surface area contributed by atoms with E-state index in [0.717, 1.165) is 0 Å². The average molecular weight is 135 g/mol. The average Bonchev–Trinajstić information content (AvgIpc) is 1.67. The Balaban J connectivity index is 3.32. The van der Waals surface area contributed by atoms with Crippen LogP contribution in [0.15, 0.2) is 0 Å². The summed E-state index contributed by atoms with van der Waals surface area (Å²) < 4.78 is 0. The molecule has 0 unspecified atom stereocenters. The maximum Gasteiger partial charge on any atom is 0.321 e. The summed E-state index contributed by atoms with van der Waals surface area (Å²) in [6, 6.07) is -0.704. The third-order valence-corrected chi connectivity index (χ3v) is 1.36. The summed E-state index contributed by atoms with van der Waals surface area (Å²) >= 11 is 1.43. The van der Waals surface area contributed by atoms with Gasteiger partial charge in [-0.1, -0.05) is 0 Å². The van der Waals surface area contributed by atoms with Crippen LogP contribution in [-0.4, -0.2) is 29.1 Å². The number of hydrogen-bond donors (Lipinski definition) is 2. The zero-order valence-corrected chi connectivity index (χ0v) is 5.44. The van der Waals surface area contributed by atoms with Crippen LogP contribution in [0.25, 0.3) is 0 Å². The summed E-state index contributed by atoms with van der Waals surface area (Å²) in [6.45, 7) is 0. The highest BCUT2D eigenvalue weighted by Crippen LogP contribution is 1.93. The molecule has 0 radical (unpaired) electrons. The topological polar surface area (TPSA) is 63.3 Å². The van der Waals surface area contributed by atoms with Crippen molar-refractivity contribution in [3.05, 3.63) is 0 Å². The Hall–Kier alpha value is -0.220. The van der Waals surface area contributed by atoms with Crippen molar-refractivity contribution >= 4 is 17.7 Å². The number of rotatable bonds is 3. The molecule has 3 N–H and O–H groups in total. The number of nitrogens with two attached hydrogens (primary N) is 1. The van der Waals surface area contributed by atoms with Gasteiger partial charge in [0.05, 0.1) is 0 Å². The van der Waals surface area contributed by atoms with E-state index in [1.165, 1.54) is 11.8 Å². The molecule has 0 aliphatic rings. The molecule has 48 valence electrons. The quantitative estimate of drug-likeness (QED) is 0.560. The number of carboxylic acid groups (broad SMARTS) is 1. The molecule has 0 spiro atoms. The fourth-order valence-corrected chi connectivity index (χ4v) is 0.753. The lowest BCUT2D eigenvalue weighted by Gasteiger charge is -2.00. The fourth-order valence-electron chi connectivity index (χ4n) is 0.251. The number of carboxylic acids is 1. The Kier molecular flexibility index (Phi) is 3.64. The standard InChI is InChI=1S/C4H9NO2S/c1-8-2-3(5)4(6)7/h3H,2,5H2,1H3,(H,6,7)/t3-/m1/s1. The Morgan fingerprint density at radius 2 is 2.50 bits per heavy atom. The van der Waals surface area contributed by atoms with Crippen LogP contribution in [0.5, 0.6) is 0 Å². The van der Waals surface area contributed by atoms with Gasteiger partial charge in [0.15, 0.2) is 0 Å². The summed E-state index contributed by atoms with van der Waals surface area (Å²) in [7, 11) is 0. The molecule has 0 rings (SSSR count). The van der Waals surface area contributed by atoms with E-state index in [4.69, 9.17) is 10.8 Å². The van der Waals surface area contributed by atoms with Crippen LogP contribution < -0.4 is 5.73 Å². The highest BCUT2D eigenvalue weighted by atomic mass is 32.2. The van der Waals surface area contributed by atoms with Gasteiger partial charge in [0.1, 0.15) is 6.04 Å².